The van der Waals surface area contributed by atoms with Gasteiger partial charge in [-0.3, -0.25) is 0 Å². The number of anilines is 1. The van der Waals surface area contributed by atoms with Crippen molar-refractivity contribution in [2.75, 3.05) is 19.0 Å². The number of rotatable bonds is 1. The molecule has 2 aromatic carbocycles. The number of ether oxygens (including phenoxy) is 1. The van der Waals surface area contributed by atoms with E-state index in [1.54, 1.807) is 0 Å². The largest absolute Gasteiger partial charge is 0.465 e. The standard InChI is InChI=1S/C14H13NO2/c1-17-14(16)10-2-4-11-9(8-10)3-5-13-12(11)6-7-15-13/h2-5,8,15H,6-7H2,1H3. The Hall–Kier alpha value is -2.03. The lowest BCUT2D eigenvalue weighted by atomic mass is 10.0. The van der Waals surface area contributed by atoms with Gasteiger partial charge in [-0.15, -0.1) is 0 Å². The maximum absolute atomic E-state index is 11.5. The topological polar surface area (TPSA) is 38.3 Å². The van der Waals surface area contributed by atoms with Crippen molar-refractivity contribution >= 4 is 22.4 Å². The average Bonchev–Trinajstić information content (AvgIpc) is 2.85. The van der Waals surface area contributed by atoms with Crippen LogP contribution in [0.3, 0.4) is 0 Å². The van der Waals surface area contributed by atoms with Crippen molar-refractivity contribution in [3.8, 4) is 0 Å². The predicted molar refractivity (Wildman–Crippen MR) is 67.5 cm³/mol. The molecule has 1 aliphatic rings. The maximum atomic E-state index is 11.5. The van der Waals surface area contributed by atoms with Gasteiger partial charge in [0.15, 0.2) is 0 Å². The Morgan fingerprint density at radius 3 is 3.00 bits per heavy atom. The number of hydrogen-bond acceptors (Lipinski definition) is 3. The van der Waals surface area contributed by atoms with Crippen molar-refractivity contribution in [1.29, 1.82) is 0 Å². The van der Waals surface area contributed by atoms with Crippen LogP contribution >= 0.6 is 0 Å². The van der Waals surface area contributed by atoms with Crippen LogP contribution in [-0.2, 0) is 11.2 Å². The Morgan fingerprint density at radius 1 is 1.29 bits per heavy atom. The summed E-state index contributed by atoms with van der Waals surface area (Å²) in [4.78, 5) is 11.5. The van der Waals surface area contributed by atoms with Crippen LogP contribution in [0.1, 0.15) is 15.9 Å². The first-order valence-electron chi connectivity index (χ1n) is 5.67. The summed E-state index contributed by atoms with van der Waals surface area (Å²) in [6.07, 6.45) is 1.05. The van der Waals surface area contributed by atoms with Crippen LogP contribution in [0.4, 0.5) is 5.69 Å². The van der Waals surface area contributed by atoms with E-state index in [0.717, 1.165) is 18.4 Å². The number of nitrogens with one attached hydrogen (secondary N) is 1. The highest BCUT2D eigenvalue weighted by molar-refractivity contribution is 5.98. The maximum Gasteiger partial charge on any atom is 0.337 e. The SMILES string of the molecule is COC(=O)c1ccc2c3c(ccc2c1)NCC3. The predicted octanol–water partition coefficient (Wildman–Crippen LogP) is 2.59. The number of benzene rings is 2. The van der Waals surface area contributed by atoms with Gasteiger partial charge >= 0.3 is 5.97 Å². The number of carbonyl (C=O) groups is 1. The third kappa shape index (κ3) is 1.55. The average molecular weight is 227 g/mol. The lowest BCUT2D eigenvalue weighted by molar-refractivity contribution is 0.0601. The van der Waals surface area contributed by atoms with Crippen molar-refractivity contribution in [3.63, 3.8) is 0 Å². The van der Waals surface area contributed by atoms with Gasteiger partial charge in [0, 0.05) is 12.2 Å². The quantitative estimate of drug-likeness (QED) is 0.761. The molecule has 0 saturated carbocycles. The Morgan fingerprint density at radius 2 is 2.18 bits per heavy atom. The Kier molecular flexibility index (Phi) is 2.25. The molecule has 1 heterocycles. The van der Waals surface area contributed by atoms with E-state index in [1.807, 2.05) is 24.3 Å². The second-order valence-electron chi connectivity index (χ2n) is 4.20. The van der Waals surface area contributed by atoms with E-state index >= 15 is 0 Å². The molecule has 1 N–H and O–H groups in total. The minimum Gasteiger partial charge on any atom is -0.465 e. The Bertz CT molecular complexity index is 604. The second kappa shape index (κ2) is 3.77. The van der Waals surface area contributed by atoms with E-state index in [0.29, 0.717) is 5.56 Å². The molecule has 0 fully saturated rings. The molecule has 3 nitrogen and oxygen atoms in total. The van der Waals surface area contributed by atoms with Crippen LogP contribution in [0, 0.1) is 0 Å². The smallest absolute Gasteiger partial charge is 0.337 e. The molecule has 0 bridgehead atoms. The van der Waals surface area contributed by atoms with Gasteiger partial charge in [-0.05, 0) is 41.0 Å². The molecule has 0 amide bonds. The van der Waals surface area contributed by atoms with Gasteiger partial charge in [0.1, 0.15) is 0 Å². The number of carbonyl (C=O) groups excluding carboxylic acids is 1. The van der Waals surface area contributed by atoms with E-state index in [9.17, 15) is 4.79 Å². The molecule has 3 heteroatoms. The zero-order valence-corrected chi connectivity index (χ0v) is 9.62. The van der Waals surface area contributed by atoms with E-state index in [-0.39, 0.29) is 5.97 Å². The van der Waals surface area contributed by atoms with Crippen molar-refractivity contribution in [1.82, 2.24) is 0 Å². The molecule has 0 atom stereocenters. The molecule has 0 aromatic heterocycles. The summed E-state index contributed by atoms with van der Waals surface area (Å²) in [5.74, 6) is -0.287. The van der Waals surface area contributed by atoms with Crippen LogP contribution in [0.15, 0.2) is 30.3 Å². The molecule has 0 aliphatic carbocycles. The Labute approximate surface area is 99.4 Å². The summed E-state index contributed by atoms with van der Waals surface area (Å²) < 4.78 is 4.73. The Balaban J connectivity index is 2.19. The lowest BCUT2D eigenvalue weighted by Crippen LogP contribution is -2.00. The van der Waals surface area contributed by atoms with E-state index in [4.69, 9.17) is 4.74 Å². The molecule has 2 aromatic rings. The minimum absolute atomic E-state index is 0.287. The van der Waals surface area contributed by atoms with Gasteiger partial charge in [0.2, 0.25) is 0 Å². The molecule has 3 rings (SSSR count). The fraction of sp³-hybridized carbons (Fsp3) is 0.214. The number of hydrogen-bond donors (Lipinski definition) is 1. The molecule has 0 saturated heterocycles. The molecular formula is C14H13NO2. The molecule has 86 valence electrons. The minimum atomic E-state index is -0.287. The van der Waals surface area contributed by atoms with Crippen LogP contribution in [0.5, 0.6) is 0 Å². The highest BCUT2D eigenvalue weighted by Gasteiger charge is 2.14. The molecule has 1 aliphatic heterocycles. The molecule has 0 spiro atoms. The fourth-order valence-electron chi connectivity index (χ4n) is 2.40. The monoisotopic (exact) mass is 227 g/mol. The zero-order chi connectivity index (χ0) is 11.8. The van der Waals surface area contributed by atoms with E-state index in [2.05, 4.69) is 11.4 Å². The van der Waals surface area contributed by atoms with Crippen LogP contribution in [0.2, 0.25) is 0 Å². The summed E-state index contributed by atoms with van der Waals surface area (Å²) in [6, 6.07) is 9.84. The normalized spacial score (nSPS) is 13.2. The second-order valence-corrected chi connectivity index (χ2v) is 4.20. The molecule has 17 heavy (non-hydrogen) atoms. The first kappa shape index (κ1) is 10.1. The molecular weight excluding hydrogens is 214 g/mol. The summed E-state index contributed by atoms with van der Waals surface area (Å²) in [5.41, 5.74) is 3.16. The van der Waals surface area contributed by atoms with Gasteiger partial charge in [-0.25, -0.2) is 4.79 Å². The number of esters is 1. The third-order valence-electron chi connectivity index (χ3n) is 3.24. The van der Waals surface area contributed by atoms with Crippen LogP contribution in [-0.4, -0.2) is 19.6 Å². The van der Waals surface area contributed by atoms with Crippen molar-refractivity contribution < 1.29 is 9.53 Å². The van der Waals surface area contributed by atoms with Gasteiger partial charge < -0.3 is 10.1 Å². The highest BCUT2D eigenvalue weighted by atomic mass is 16.5. The zero-order valence-electron chi connectivity index (χ0n) is 9.62. The van der Waals surface area contributed by atoms with Gasteiger partial charge in [-0.2, -0.15) is 0 Å². The van der Waals surface area contributed by atoms with E-state index < -0.39 is 0 Å². The third-order valence-corrected chi connectivity index (χ3v) is 3.24. The fourth-order valence-corrected chi connectivity index (χ4v) is 2.40. The van der Waals surface area contributed by atoms with Crippen molar-refractivity contribution in [3.05, 3.63) is 41.5 Å². The first-order chi connectivity index (χ1) is 8.29. The molecule has 0 unspecified atom stereocenters. The van der Waals surface area contributed by atoms with Gasteiger partial charge in [0.25, 0.3) is 0 Å². The van der Waals surface area contributed by atoms with Crippen LogP contribution < -0.4 is 5.32 Å². The first-order valence-corrected chi connectivity index (χ1v) is 5.67. The van der Waals surface area contributed by atoms with E-state index in [1.165, 1.54) is 23.7 Å². The lowest BCUT2D eigenvalue weighted by Gasteiger charge is -2.06. The summed E-state index contributed by atoms with van der Waals surface area (Å²) in [6.45, 7) is 0.993. The van der Waals surface area contributed by atoms with Crippen molar-refractivity contribution in [2.24, 2.45) is 0 Å². The van der Waals surface area contributed by atoms with Gasteiger partial charge in [-0.1, -0.05) is 12.1 Å². The van der Waals surface area contributed by atoms with Crippen molar-refractivity contribution in [2.45, 2.75) is 6.42 Å². The van der Waals surface area contributed by atoms with Crippen LogP contribution in [0.25, 0.3) is 10.8 Å². The summed E-state index contributed by atoms with van der Waals surface area (Å²) in [7, 11) is 1.40. The summed E-state index contributed by atoms with van der Waals surface area (Å²) in [5, 5.41) is 5.66. The highest BCUT2D eigenvalue weighted by Crippen LogP contribution is 2.30. The molecule has 0 radical (unpaired) electrons. The van der Waals surface area contributed by atoms with Gasteiger partial charge in [0.05, 0.1) is 12.7 Å². The number of methoxy groups -OCH3 is 1. The summed E-state index contributed by atoms with van der Waals surface area (Å²) >= 11 is 0. The number of fused-ring (bicyclic) bond motifs is 3.